The zero-order chi connectivity index (χ0) is 8.39. The molecule has 1 atom stereocenters. The highest BCUT2D eigenvalue weighted by Crippen LogP contribution is 2.35. The Morgan fingerprint density at radius 2 is 2.25 bits per heavy atom. The Bertz CT molecular complexity index is 267. The molecule has 1 aliphatic carbocycles. The summed E-state index contributed by atoms with van der Waals surface area (Å²) < 4.78 is 5.65. The number of ether oxygens (including phenoxy) is 1. The van der Waals surface area contributed by atoms with E-state index in [1.807, 2.05) is 0 Å². The van der Waals surface area contributed by atoms with Crippen LogP contribution in [0.25, 0.3) is 0 Å². The van der Waals surface area contributed by atoms with Crippen molar-refractivity contribution in [3.8, 4) is 0 Å². The average Bonchev–Trinajstić information content (AvgIpc) is 2.07. The molecule has 0 N–H and O–H groups in total. The molecular weight excluding hydrogens is 148 g/mol. The summed E-state index contributed by atoms with van der Waals surface area (Å²) in [5, 5.41) is 0. The fraction of sp³-hybridized carbons (Fsp3) is 0.455. The Morgan fingerprint density at radius 1 is 1.42 bits per heavy atom. The van der Waals surface area contributed by atoms with E-state index in [9.17, 15) is 0 Å². The van der Waals surface area contributed by atoms with E-state index in [1.165, 1.54) is 11.1 Å². The second-order valence-electron chi connectivity index (χ2n) is 3.26. The van der Waals surface area contributed by atoms with Crippen LogP contribution in [0.5, 0.6) is 0 Å². The van der Waals surface area contributed by atoms with Crippen molar-refractivity contribution in [2.24, 2.45) is 0 Å². The van der Waals surface area contributed by atoms with E-state index >= 15 is 0 Å². The van der Waals surface area contributed by atoms with Crippen LogP contribution in [0, 0.1) is 0 Å². The van der Waals surface area contributed by atoms with Gasteiger partial charge in [0.2, 0.25) is 0 Å². The summed E-state index contributed by atoms with van der Waals surface area (Å²) in [6.45, 7) is 3.03. The van der Waals surface area contributed by atoms with Crippen LogP contribution < -0.4 is 0 Å². The highest BCUT2D eigenvalue weighted by atomic mass is 16.5. The smallest absolute Gasteiger partial charge is 0.0868 e. The molecule has 1 aromatic carbocycles. The molecule has 0 bridgehead atoms. The molecule has 12 heavy (non-hydrogen) atoms. The van der Waals surface area contributed by atoms with E-state index in [2.05, 4.69) is 31.2 Å². The van der Waals surface area contributed by atoms with E-state index in [0.29, 0.717) is 6.10 Å². The van der Waals surface area contributed by atoms with Gasteiger partial charge in [-0.2, -0.15) is 0 Å². The molecule has 1 nitrogen and oxygen atoms in total. The maximum Gasteiger partial charge on any atom is 0.0868 e. The van der Waals surface area contributed by atoms with Crippen molar-refractivity contribution < 1.29 is 4.74 Å². The minimum Gasteiger partial charge on any atom is -0.373 e. The van der Waals surface area contributed by atoms with Gasteiger partial charge in [0.15, 0.2) is 0 Å². The van der Waals surface area contributed by atoms with Gasteiger partial charge in [-0.05, 0) is 17.5 Å². The van der Waals surface area contributed by atoms with E-state index < -0.39 is 0 Å². The molecule has 1 aromatic rings. The first-order chi connectivity index (χ1) is 5.92. The molecule has 1 heteroatoms. The highest BCUT2D eigenvalue weighted by Gasteiger charge is 2.25. The topological polar surface area (TPSA) is 9.23 Å². The fourth-order valence-electron chi connectivity index (χ4n) is 1.62. The molecule has 1 unspecified atom stereocenters. The first-order valence-electron chi connectivity index (χ1n) is 4.61. The van der Waals surface area contributed by atoms with Gasteiger partial charge < -0.3 is 4.74 Å². The number of benzene rings is 1. The zero-order valence-corrected chi connectivity index (χ0v) is 7.42. The SMILES string of the molecule is CCCOC1Cc2ccccc21. The normalized spacial score (nSPS) is 19.9. The molecule has 0 fully saturated rings. The molecule has 0 amide bonds. The van der Waals surface area contributed by atoms with Gasteiger partial charge >= 0.3 is 0 Å². The molecule has 0 aromatic heterocycles. The van der Waals surface area contributed by atoms with Crippen molar-refractivity contribution in [3.63, 3.8) is 0 Å². The molecule has 0 saturated heterocycles. The zero-order valence-electron chi connectivity index (χ0n) is 7.42. The van der Waals surface area contributed by atoms with Gasteiger partial charge in [0.05, 0.1) is 6.10 Å². The summed E-state index contributed by atoms with van der Waals surface area (Å²) in [6.07, 6.45) is 2.61. The molecule has 0 aliphatic heterocycles. The summed E-state index contributed by atoms with van der Waals surface area (Å²) in [7, 11) is 0. The molecular formula is C11H14O. The lowest BCUT2D eigenvalue weighted by Gasteiger charge is -2.29. The second-order valence-corrected chi connectivity index (χ2v) is 3.26. The van der Waals surface area contributed by atoms with Gasteiger partial charge in [0.25, 0.3) is 0 Å². The Kier molecular flexibility index (Phi) is 2.13. The fourth-order valence-corrected chi connectivity index (χ4v) is 1.62. The minimum absolute atomic E-state index is 0.390. The number of hydrogen-bond donors (Lipinski definition) is 0. The predicted octanol–water partition coefficient (Wildman–Crippen LogP) is 2.71. The van der Waals surface area contributed by atoms with Crippen molar-refractivity contribution in [1.82, 2.24) is 0 Å². The summed E-state index contributed by atoms with van der Waals surface area (Å²) >= 11 is 0. The molecule has 0 radical (unpaired) electrons. The first kappa shape index (κ1) is 7.81. The molecule has 2 rings (SSSR count). The van der Waals surface area contributed by atoms with Crippen LogP contribution >= 0.6 is 0 Å². The quantitative estimate of drug-likeness (QED) is 0.664. The molecule has 64 valence electrons. The number of hydrogen-bond acceptors (Lipinski definition) is 1. The van der Waals surface area contributed by atoms with Crippen molar-refractivity contribution >= 4 is 0 Å². The lowest BCUT2D eigenvalue weighted by molar-refractivity contribution is 0.0374. The standard InChI is InChI=1S/C11H14O/c1-2-7-12-11-8-9-5-3-4-6-10(9)11/h3-6,11H,2,7-8H2,1H3. The Balaban J connectivity index is 2.00. The van der Waals surface area contributed by atoms with Gasteiger partial charge in [0, 0.05) is 13.0 Å². The Hall–Kier alpha value is -0.820. The van der Waals surface area contributed by atoms with Crippen LogP contribution in [0.1, 0.15) is 30.6 Å². The predicted molar refractivity (Wildman–Crippen MR) is 49.1 cm³/mol. The van der Waals surface area contributed by atoms with E-state index in [1.54, 1.807) is 0 Å². The van der Waals surface area contributed by atoms with Gasteiger partial charge in [-0.3, -0.25) is 0 Å². The van der Waals surface area contributed by atoms with Gasteiger partial charge in [0.1, 0.15) is 0 Å². The maximum absolute atomic E-state index is 5.65. The maximum atomic E-state index is 5.65. The lowest BCUT2D eigenvalue weighted by atomic mass is 9.85. The summed E-state index contributed by atoms with van der Waals surface area (Å²) in [5.41, 5.74) is 2.85. The summed E-state index contributed by atoms with van der Waals surface area (Å²) in [6, 6.07) is 8.52. The highest BCUT2D eigenvalue weighted by molar-refractivity contribution is 5.37. The summed E-state index contributed by atoms with van der Waals surface area (Å²) in [5.74, 6) is 0. The second kappa shape index (κ2) is 3.28. The van der Waals surface area contributed by atoms with Gasteiger partial charge in [-0.15, -0.1) is 0 Å². The number of fused-ring (bicyclic) bond motifs is 1. The van der Waals surface area contributed by atoms with Crippen LogP contribution in [-0.4, -0.2) is 6.61 Å². The van der Waals surface area contributed by atoms with Crippen molar-refractivity contribution in [3.05, 3.63) is 35.4 Å². The van der Waals surface area contributed by atoms with Crippen LogP contribution in [0.15, 0.2) is 24.3 Å². The van der Waals surface area contributed by atoms with E-state index in [-0.39, 0.29) is 0 Å². The number of rotatable bonds is 3. The third-order valence-corrected chi connectivity index (χ3v) is 2.33. The van der Waals surface area contributed by atoms with Gasteiger partial charge in [-0.25, -0.2) is 0 Å². The lowest BCUT2D eigenvalue weighted by Crippen LogP contribution is -2.19. The minimum atomic E-state index is 0.390. The van der Waals surface area contributed by atoms with Gasteiger partial charge in [-0.1, -0.05) is 31.2 Å². The Morgan fingerprint density at radius 3 is 3.00 bits per heavy atom. The van der Waals surface area contributed by atoms with Crippen molar-refractivity contribution in [2.45, 2.75) is 25.9 Å². The van der Waals surface area contributed by atoms with Crippen molar-refractivity contribution in [2.75, 3.05) is 6.61 Å². The van der Waals surface area contributed by atoms with Crippen LogP contribution in [0.3, 0.4) is 0 Å². The van der Waals surface area contributed by atoms with Crippen LogP contribution in [0.4, 0.5) is 0 Å². The Labute approximate surface area is 73.4 Å². The third kappa shape index (κ3) is 1.25. The average molecular weight is 162 g/mol. The third-order valence-electron chi connectivity index (χ3n) is 2.33. The molecule has 0 saturated carbocycles. The molecule has 1 aliphatic rings. The molecule has 0 spiro atoms. The summed E-state index contributed by atoms with van der Waals surface area (Å²) in [4.78, 5) is 0. The van der Waals surface area contributed by atoms with Crippen molar-refractivity contribution in [1.29, 1.82) is 0 Å². The monoisotopic (exact) mass is 162 g/mol. The van der Waals surface area contributed by atoms with Crippen LogP contribution in [0.2, 0.25) is 0 Å². The van der Waals surface area contributed by atoms with Crippen LogP contribution in [-0.2, 0) is 11.2 Å². The molecule has 0 heterocycles. The first-order valence-corrected chi connectivity index (χ1v) is 4.61. The van der Waals surface area contributed by atoms with E-state index in [0.717, 1.165) is 19.4 Å². The largest absolute Gasteiger partial charge is 0.373 e. The van der Waals surface area contributed by atoms with E-state index in [4.69, 9.17) is 4.74 Å².